The van der Waals surface area contributed by atoms with Crippen molar-refractivity contribution in [3.05, 3.63) is 59.5 Å². The molecular weight excluding hydrogens is 420 g/mol. The lowest BCUT2D eigenvalue weighted by molar-refractivity contribution is -0.128. The molecule has 1 aliphatic rings. The van der Waals surface area contributed by atoms with Crippen molar-refractivity contribution in [1.29, 1.82) is 0 Å². The Balaban J connectivity index is 1.34. The first kappa shape index (κ1) is 20.7. The number of anilines is 1. The smallest absolute Gasteiger partial charge is 0.233 e. The molecule has 0 spiro atoms. The summed E-state index contributed by atoms with van der Waals surface area (Å²) in [6, 6.07) is 11.9. The molecule has 1 amide bonds. The van der Waals surface area contributed by atoms with Gasteiger partial charge in [-0.2, -0.15) is 0 Å². The van der Waals surface area contributed by atoms with Gasteiger partial charge in [0.25, 0.3) is 0 Å². The first-order valence-corrected chi connectivity index (χ1v) is 11.3. The molecule has 1 saturated heterocycles. The first-order valence-electron chi connectivity index (χ1n) is 9.91. The molecule has 9 heteroatoms. The van der Waals surface area contributed by atoms with Crippen LogP contribution in [-0.4, -0.2) is 62.5 Å². The minimum absolute atomic E-state index is 0.113. The highest BCUT2D eigenvalue weighted by atomic mass is 35.5. The van der Waals surface area contributed by atoms with Gasteiger partial charge in [-0.15, -0.1) is 10.2 Å². The van der Waals surface area contributed by atoms with Crippen LogP contribution in [0.5, 0.6) is 0 Å². The Morgan fingerprint density at radius 3 is 2.67 bits per heavy atom. The van der Waals surface area contributed by atoms with E-state index in [4.69, 9.17) is 11.6 Å². The van der Waals surface area contributed by atoms with Gasteiger partial charge in [-0.05, 0) is 30.2 Å². The number of rotatable bonds is 6. The molecule has 0 unspecified atom stereocenters. The van der Waals surface area contributed by atoms with E-state index in [0.717, 1.165) is 36.2 Å². The number of thioether (sulfide) groups is 1. The fourth-order valence-corrected chi connectivity index (χ4v) is 4.43. The third kappa shape index (κ3) is 4.60. The van der Waals surface area contributed by atoms with Crippen molar-refractivity contribution in [3.63, 3.8) is 0 Å². The van der Waals surface area contributed by atoms with Crippen LogP contribution < -0.4 is 4.90 Å². The maximum atomic E-state index is 12.7. The van der Waals surface area contributed by atoms with Crippen LogP contribution in [0.15, 0.2) is 54.1 Å². The summed E-state index contributed by atoms with van der Waals surface area (Å²) < 4.78 is 1.96. The molecule has 2 aromatic heterocycles. The summed E-state index contributed by atoms with van der Waals surface area (Å²) in [6.07, 6.45) is 4.28. The van der Waals surface area contributed by atoms with Crippen LogP contribution in [0.1, 0.15) is 12.5 Å². The fraction of sp³-hybridized carbons (Fsp3) is 0.333. The minimum atomic E-state index is 0.113. The predicted octanol–water partition coefficient (Wildman–Crippen LogP) is 3.32. The van der Waals surface area contributed by atoms with Gasteiger partial charge in [0.1, 0.15) is 12.1 Å². The monoisotopic (exact) mass is 442 g/mol. The van der Waals surface area contributed by atoms with Gasteiger partial charge in [-0.3, -0.25) is 9.36 Å². The second-order valence-corrected chi connectivity index (χ2v) is 8.34. The summed E-state index contributed by atoms with van der Waals surface area (Å²) in [5.74, 6) is 1.34. The molecule has 3 aromatic rings. The van der Waals surface area contributed by atoms with Crippen molar-refractivity contribution in [3.8, 4) is 5.69 Å². The Labute approximate surface area is 185 Å². The zero-order valence-electron chi connectivity index (χ0n) is 16.7. The molecule has 1 aliphatic heterocycles. The largest absolute Gasteiger partial charge is 0.353 e. The topological polar surface area (TPSA) is 67.2 Å². The normalized spacial score (nSPS) is 14.2. The van der Waals surface area contributed by atoms with E-state index in [0.29, 0.717) is 23.9 Å². The van der Waals surface area contributed by atoms with E-state index in [1.54, 1.807) is 12.5 Å². The molecule has 4 rings (SSSR count). The molecule has 0 saturated carbocycles. The van der Waals surface area contributed by atoms with Crippen LogP contribution in [-0.2, 0) is 11.2 Å². The molecule has 30 heavy (non-hydrogen) atoms. The molecule has 1 aromatic carbocycles. The van der Waals surface area contributed by atoms with Crippen LogP contribution in [0.3, 0.4) is 0 Å². The average Bonchev–Trinajstić information content (AvgIpc) is 3.26. The van der Waals surface area contributed by atoms with Gasteiger partial charge in [-0.1, -0.05) is 48.5 Å². The summed E-state index contributed by atoms with van der Waals surface area (Å²) in [5, 5.41) is 9.63. The number of hydrogen-bond donors (Lipinski definition) is 0. The third-order valence-electron chi connectivity index (χ3n) is 5.14. The predicted molar refractivity (Wildman–Crippen MR) is 120 cm³/mol. The number of carbonyl (C=O) groups is 1. The molecule has 0 aliphatic carbocycles. The van der Waals surface area contributed by atoms with E-state index in [1.165, 1.54) is 17.3 Å². The average molecular weight is 443 g/mol. The number of aromatic nitrogens is 4. The maximum absolute atomic E-state index is 12.7. The number of carbonyl (C=O) groups excluding carboxylic acids is 1. The highest BCUT2D eigenvalue weighted by Gasteiger charge is 2.22. The van der Waals surface area contributed by atoms with Gasteiger partial charge in [0.15, 0.2) is 5.16 Å². The molecule has 1 fully saturated rings. The van der Waals surface area contributed by atoms with Crippen LogP contribution in [0.2, 0.25) is 5.02 Å². The Kier molecular flexibility index (Phi) is 6.54. The zero-order valence-corrected chi connectivity index (χ0v) is 18.3. The number of benzene rings is 1. The van der Waals surface area contributed by atoms with Gasteiger partial charge in [0.2, 0.25) is 5.91 Å². The lowest BCUT2D eigenvalue weighted by atomic mass is 10.1. The van der Waals surface area contributed by atoms with Gasteiger partial charge >= 0.3 is 0 Å². The lowest BCUT2D eigenvalue weighted by Gasteiger charge is -2.35. The number of amides is 1. The maximum Gasteiger partial charge on any atom is 0.233 e. The van der Waals surface area contributed by atoms with Crippen LogP contribution >= 0.6 is 23.4 Å². The standard InChI is InChI=1S/C21H23ClN6OS/c1-2-16-5-3-4-6-18(16)28-15-24-25-21(28)30-14-20(29)27-11-9-26(10-12-27)19-8-7-17(22)13-23-19/h3-8,13,15H,2,9-12,14H2,1H3. The van der Waals surface area contributed by atoms with E-state index in [-0.39, 0.29) is 5.91 Å². The molecule has 0 N–H and O–H groups in total. The molecular formula is C21H23ClN6OS. The second kappa shape index (κ2) is 9.49. The van der Waals surface area contributed by atoms with Crippen molar-refractivity contribution in [2.24, 2.45) is 0 Å². The zero-order chi connectivity index (χ0) is 20.9. The number of piperazine rings is 1. The number of hydrogen-bond acceptors (Lipinski definition) is 6. The number of nitrogens with zero attached hydrogens (tertiary/aromatic N) is 6. The number of aryl methyl sites for hydroxylation is 1. The highest BCUT2D eigenvalue weighted by Crippen LogP contribution is 2.23. The van der Waals surface area contributed by atoms with Gasteiger partial charge in [0.05, 0.1) is 16.5 Å². The van der Waals surface area contributed by atoms with Crippen LogP contribution in [0, 0.1) is 0 Å². The Morgan fingerprint density at radius 2 is 1.93 bits per heavy atom. The van der Waals surface area contributed by atoms with Gasteiger partial charge in [-0.25, -0.2) is 4.98 Å². The van der Waals surface area contributed by atoms with Gasteiger partial charge in [0, 0.05) is 32.4 Å². The van der Waals surface area contributed by atoms with Crippen LogP contribution in [0.4, 0.5) is 5.82 Å². The number of para-hydroxylation sites is 1. The number of halogens is 1. The van der Waals surface area contributed by atoms with E-state index in [9.17, 15) is 4.79 Å². The summed E-state index contributed by atoms with van der Waals surface area (Å²) in [5.41, 5.74) is 2.28. The molecule has 0 atom stereocenters. The Hall–Kier alpha value is -2.58. The van der Waals surface area contributed by atoms with E-state index < -0.39 is 0 Å². The van der Waals surface area contributed by atoms with Crippen molar-refractivity contribution in [2.45, 2.75) is 18.5 Å². The Morgan fingerprint density at radius 1 is 1.13 bits per heavy atom. The molecule has 0 radical (unpaired) electrons. The Bertz CT molecular complexity index is 1000. The number of pyridine rings is 1. The SMILES string of the molecule is CCc1ccccc1-n1cnnc1SCC(=O)N1CCN(c2ccc(Cl)cn2)CC1. The van der Waals surface area contributed by atoms with Crippen molar-refractivity contribution < 1.29 is 4.79 Å². The van der Waals surface area contributed by atoms with Crippen molar-refractivity contribution in [2.75, 3.05) is 36.8 Å². The molecule has 156 valence electrons. The van der Waals surface area contributed by atoms with Crippen molar-refractivity contribution >= 4 is 35.1 Å². The third-order valence-corrected chi connectivity index (χ3v) is 6.29. The highest BCUT2D eigenvalue weighted by molar-refractivity contribution is 7.99. The lowest BCUT2D eigenvalue weighted by Crippen LogP contribution is -2.49. The molecule has 0 bridgehead atoms. The van der Waals surface area contributed by atoms with E-state index in [1.807, 2.05) is 33.7 Å². The molecule has 7 nitrogen and oxygen atoms in total. The van der Waals surface area contributed by atoms with Gasteiger partial charge < -0.3 is 9.80 Å². The summed E-state index contributed by atoms with van der Waals surface area (Å²) in [7, 11) is 0. The second-order valence-electron chi connectivity index (χ2n) is 6.96. The van der Waals surface area contributed by atoms with Crippen molar-refractivity contribution in [1.82, 2.24) is 24.6 Å². The first-order chi connectivity index (χ1) is 14.7. The van der Waals surface area contributed by atoms with E-state index in [2.05, 4.69) is 39.1 Å². The summed E-state index contributed by atoms with van der Waals surface area (Å²) >= 11 is 7.34. The molecule has 3 heterocycles. The minimum Gasteiger partial charge on any atom is -0.353 e. The van der Waals surface area contributed by atoms with E-state index >= 15 is 0 Å². The summed E-state index contributed by atoms with van der Waals surface area (Å²) in [4.78, 5) is 21.2. The summed E-state index contributed by atoms with van der Waals surface area (Å²) in [6.45, 7) is 4.99. The quantitative estimate of drug-likeness (QED) is 0.545. The van der Waals surface area contributed by atoms with Crippen LogP contribution in [0.25, 0.3) is 5.69 Å². The fourth-order valence-electron chi connectivity index (χ4n) is 3.49.